The normalized spacial score (nSPS) is 10.7. The zero-order chi connectivity index (χ0) is 9.35. The van der Waals surface area contributed by atoms with Gasteiger partial charge in [0.05, 0.1) is 5.02 Å². The van der Waals surface area contributed by atoms with Crippen LogP contribution in [0.25, 0.3) is 0 Å². The standard InChI is InChI=1S/C7H7ClO3S.ClH/c1-5-2-3-7(6(8)4-5)12(9,10)11;/h2-4H,1H3,(H,9,10,11);1H. The predicted octanol–water partition coefficient (Wildman–Crippen LogP) is 2.32. The number of aryl methyl sites for hydroxylation is 1. The van der Waals surface area contributed by atoms with E-state index in [2.05, 4.69) is 0 Å². The predicted molar refractivity (Wildman–Crippen MR) is 53.3 cm³/mol. The van der Waals surface area contributed by atoms with Gasteiger partial charge in [-0.25, -0.2) is 0 Å². The summed E-state index contributed by atoms with van der Waals surface area (Å²) in [7, 11) is -4.18. The van der Waals surface area contributed by atoms with Crippen LogP contribution in [0.15, 0.2) is 23.1 Å². The maximum Gasteiger partial charge on any atom is 0.296 e. The molecule has 1 aromatic carbocycles. The van der Waals surface area contributed by atoms with Crippen molar-refractivity contribution in [1.29, 1.82) is 0 Å². The Balaban J connectivity index is 0.00000144. The highest BCUT2D eigenvalue weighted by atomic mass is 35.5. The minimum atomic E-state index is -4.18. The van der Waals surface area contributed by atoms with Gasteiger partial charge in [-0.05, 0) is 24.6 Å². The average molecular weight is 243 g/mol. The van der Waals surface area contributed by atoms with Gasteiger partial charge in [0.1, 0.15) is 4.90 Å². The van der Waals surface area contributed by atoms with Gasteiger partial charge in [-0.2, -0.15) is 8.42 Å². The molecule has 6 heteroatoms. The first kappa shape index (κ1) is 12.7. The lowest BCUT2D eigenvalue weighted by Crippen LogP contribution is -1.98. The Morgan fingerprint density at radius 1 is 1.38 bits per heavy atom. The summed E-state index contributed by atoms with van der Waals surface area (Å²) in [5.41, 5.74) is 0.840. The van der Waals surface area contributed by atoms with Crippen molar-refractivity contribution in [3.63, 3.8) is 0 Å². The average Bonchev–Trinajstić information content (AvgIpc) is 1.83. The van der Waals surface area contributed by atoms with Gasteiger partial charge in [-0.15, -0.1) is 12.4 Å². The number of halogens is 2. The minimum absolute atomic E-state index is 0. The molecule has 0 heterocycles. The molecule has 1 N–H and O–H groups in total. The third-order valence-corrected chi connectivity index (χ3v) is 2.70. The van der Waals surface area contributed by atoms with Crippen molar-refractivity contribution < 1.29 is 13.0 Å². The molecule has 0 unspecified atom stereocenters. The molecule has 3 nitrogen and oxygen atoms in total. The molecule has 0 aromatic heterocycles. The Morgan fingerprint density at radius 3 is 2.31 bits per heavy atom. The molecular weight excluding hydrogens is 235 g/mol. The smallest absolute Gasteiger partial charge is 0.282 e. The van der Waals surface area contributed by atoms with Gasteiger partial charge >= 0.3 is 0 Å². The van der Waals surface area contributed by atoms with Crippen LogP contribution >= 0.6 is 24.0 Å². The van der Waals surface area contributed by atoms with Crippen molar-refractivity contribution in [1.82, 2.24) is 0 Å². The molecule has 74 valence electrons. The Kier molecular flexibility index (Phi) is 4.19. The third-order valence-electron chi connectivity index (χ3n) is 1.37. The lowest BCUT2D eigenvalue weighted by atomic mass is 10.2. The van der Waals surface area contributed by atoms with Crippen molar-refractivity contribution >= 4 is 34.1 Å². The van der Waals surface area contributed by atoms with E-state index in [1.54, 1.807) is 13.0 Å². The zero-order valence-electron chi connectivity index (χ0n) is 6.69. The maximum absolute atomic E-state index is 10.6. The van der Waals surface area contributed by atoms with Gasteiger partial charge in [0, 0.05) is 0 Å². The maximum atomic E-state index is 10.6. The molecule has 0 radical (unpaired) electrons. The monoisotopic (exact) mass is 242 g/mol. The van der Waals surface area contributed by atoms with Gasteiger partial charge in [0.25, 0.3) is 10.1 Å². The first-order valence-electron chi connectivity index (χ1n) is 3.15. The molecule has 13 heavy (non-hydrogen) atoms. The quantitative estimate of drug-likeness (QED) is 0.770. The summed E-state index contributed by atoms with van der Waals surface area (Å²) in [6.45, 7) is 1.78. The van der Waals surface area contributed by atoms with Crippen molar-refractivity contribution in [3.8, 4) is 0 Å². The molecule has 0 bridgehead atoms. The van der Waals surface area contributed by atoms with E-state index in [1.807, 2.05) is 0 Å². The number of benzene rings is 1. The summed E-state index contributed by atoms with van der Waals surface area (Å²) in [6.07, 6.45) is 0. The molecule has 1 rings (SSSR count). The van der Waals surface area contributed by atoms with Crippen LogP contribution in [0.1, 0.15) is 5.56 Å². The SMILES string of the molecule is Cc1ccc(S(=O)(=O)O)c(Cl)c1.Cl. The van der Waals surface area contributed by atoms with Crippen LogP contribution < -0.4 is 0 Å². The van der Waals surface area contributed by atoms with E-state index in [-0.39, 0.29) is 22.3 Å². The van der Waals surface area contributed by atoms with Crippen LogP contribution in [0, 0.1) is 6.92 Å². The Hall–Kier alpha value is -0.290. The van der Waals surface area contributed by atoms with Crippen LogP contribution in [-0.4, -0.2) is 13.0 Å². The number of hydrogen-bond donors (Lipinski definition) is 1. The lowest BCUT2D eigenvalue weighted by Gasteiger charge is -2.00. The molecule has 0 aliphatic carbocycles. The molecule has 0 saturated heterocycles. The lowest BCUT2D eigenvalue weighted by molar-refractivity contribution is 0.483. The van der Waals surface area contributed by atoms with Gasteiger partial charge < -0.3 is 0 Å². The molecular formula is C7H8Cl2O3S. The van der Waals surface area contributed by atoms with E-state index in [1.165, 1.54) is 12.1 Å². The van der Waals surface area contributed by atoms with E-state index >= 15 is 0 Å². The Bertz CT molecular complexity index is 400. The third kappa shape index (κ3) is 3.15. The first-order chi connectivity index (χ1) is 5.41. The summed E-state index contributed by atoms with van der Waals surface area (Å²) in [5.74, 6) is 0. The minimum Gasteiger partial charge on any atom is -0.282 e. The second-order valence-corrected chi connectivity index (χ2v) is 4.21. The van der Waals surface area contributed by atoms with Crippen LogP contribution in [-0.2, 0) is 10.1 Å². The summed E-state index contributed by atoms with van der Waals surface area (Å²) >= 11 is 5.57. The molecule has 0 atom stereocenters. The highest BCUT2D eigenvalue weighted by Gasteiger charge is 2.13. The molecule has 0 amide bonds. The van der Waals surface area contributed by atoms with Crippen LogP contribution in [0.2, 0.25) is 5.02 Å². The van der Waals surface area contributed by atoms with E-state index in [0.29, 0.717) is 0 Å². The summed E-state index contributed by atoms with van der Waals surface area (Å²) in [4.78, 5) is -0.255. The van der Waals surface area contributed by atoms with Crippen molar-refractivity contribution in [3.05, 3.63) is 28.8 Å². The van der Waals surface area contributed by atoms with Gasteiger partial charge in [0.2, 0.25) is 0 Å². The molecule has 0 aliphatic heterocycles. The Morgan fingerprint density at radius 2 is 1.92 bits per heavy atom. The van der Waals surface area contributed by atoms with Gasteiger partial charge in [0.15, 0.2) is 0 Å². The second kappa shape index (κ2) is 4.28. The van der Waals surface area contributed by atoms with E-state index in [9.17, 15) is 8.42 Å². The molecule has 0 aliphatic rings. The Labute approximate surface area is 87.9 Å². The van der Waals surface area contributed by atoms with Crippen molar-refractivity contribution in [2.45, 2.75) is 11.8 Å². The fraction of sp³-hybridized carbons (Fsp3) is 0.143. The number of hydrogen-bond acceptors (Lipinski definition) is 2. The van der Waals surface area contributed by atoms with E-state index < -0.39 is 10.1 Å². The molecule has 0 fully saturated rings. The van der Waals surface area contributed by atoms with Gasteiger partial charge in [-0.3, -0.25) is 4.55 Å². The van der Waals surface area contributed by atoms with Crippen LogP contribution in [0.3, 0.4) is 0 Å². The highest BCUT2D eigenvalue weighted by molar-refractivity contribution is 7.86. The largest absolute Gasteiger partial charge is 0.296 e. The summed E-state index contributed by atoms with van der Waals surface area (Å²) in [5, 5.41) is 0.0394. The van der Waals surface area contributed by atoms with E-state index in [4.69, 9.17) is 16.2 Å². The number of rotatable bonds is 1. The zero-order valence-corrected chi connectivity index (χ0v) is 9.08. The van der Waals surface area contributed by atoms with Crippen LogP contribution in [0.4, 0.5) is 0 Å². The summed E-state index contributed by atoms with van der Waals surface area (Å²) < 4.78 is 29.9. The highest BCUT2D eigenvalue weighted by Crippen LogP contribution is 2.21. The van der Waals surface area contributed by atoms with Gasteiger partial charge in [-0.1, -0.05) is 17.7 Å². The first-order valence-corrected chi connectivity index (χ1v) is 4.97. The fourth-order valence-corrected chi connectivity index (χ4v) is 1.89. The van der Waals surface area contributed by atoms with E-state index in [0.717, 1.165) is 5.56 Å². The van der Waals surface area contributed by atoms with Crippen molar-refractivity contribution in [2.24, 2.45) is 0 Å². The van der Waals surface area contributed by atoms with Crippen LogP contribution in [0.5, 0.6) is 0 Å². The molecule has 0 spiro atoms. The topological polar surface area (TPSA) is 54.4 Å². The summed E-state index contributed by atoms with van der Waals surface area (Å²) in [6, 6.07) is 4.31. The van der Waals surface area contributed by atoms with Crippen molar-refractivity contribution in [2.75, 3.05) is 0 Å². The molecule has 1 aromatic rings. The molecule has 0 saturated carbocycles. The fourth-order valence-electron chi connectivity index (χ4n) is 0.815. The second-order valence-electron chi connectivity index (χ2n) is 2.41.